The number of aryl methyl sites for hydroxylation is 1. The standard InChI is InChI=1S/C17H16N2OS/c1-12-4-3-5-14(10-12)18-17-19-16(11-21-17)13-6-8-15(20-2)9-7-13/h3-11H,1-2H3,(H,18,19). The van der Waals surface area contributed by atoms with Crippen molar-refractivity contribution in [3.8, 4) is 17.0 Å². The summed E-state index contributed by atoms with van der Waals surface area (Å²) in [5.74, 6) is 0.854. The van der Waals surface area contributed by atoms with Gasteiger partial charge in [-0.25, -0.2) is 4.98 Å². The normalized spacial score (nSPS) is 10.4. The Bertz CT molecular complexity index is 735. The Morgan fingerprint density at radius 3 is 2.62 bits per heavy atom. The average Bonchev–Trinajstić information content (AvgIpc) is 2.96. The molecule has 0 fully saturated rings. The Morgan fingerprint density at radius 1 is 1.10 bits per heavy atom. The molecule has 1 N–H and O–H groups in total. The lowest BCUT2D eigenvalue weighted by atomic mass is 10.2. The maximum atomic E-state index is 5.17. The van der Waals surface area contributed by atoms with Gasteiger partial charge in [0, 0.05) is 16.6 Å². The van der Waals surface area contributed by atoms with E-state index in [1.807, 2.05) is 36.4 Å². The minimum Gasteiger partial charge on any atom is -0.497 e. The van der Waals surface area contributed by atoms with E-state index >= 15 is 0 Å². The van der Waals surface area contributed by atoms with Crippen LogP contribution >= 0.6 is 11.3 Å². The number of hydrogen-bond acceptors (Lipinski definition) is 4. The highest BCUT2D eigenvalue weighted by Gasteiger charge is 2.05. The fraction of sp³-hybridized carbons (Fsp3) is 0.118. The van der Waals surface area contributed by atoms with Gasteiger partial charge in [-0.2, -0.15) is 0 Å². The zero-order valence-corrected chi connectivity index (χ0v) is 12.8. The Hall–Kier alpha value is -2.33. The molecule has 106 valence electrons. The van der Waals surface area contributed by atoms with Crippen molar-refractivity contribution < 1.29 is 4.74 Å². The van der Waals surface area contributed by atoms with Gasteiger partial charge in [-0.15, -0.1) is 11.3 Å². The number of hydrogen-bond donors (Lipinski definition) is 1. The molecule has 1 aromatic heterocycles. The van der Waals surface area contributed by atoms with Gasteiger partial charge in [-0.1, -0.05) is 12.1 Å². The molecular formula is C17H16N2OS. The third-order valence-corrected chi connectivity index (χ3v) is 3.92. The molecular weight excluding hydrogens is 280 g/mol. The van der Waals surface area contributed by atoms with E-state index in [1.54, 1.807) is 18.4 Å². The molecule has 3 aromatic rings. The summed E-state index contributed by atoms with van der Waals surface area (Å²) in [6, 6.07) is 16.2. The van der Waals surface area contributed by atoms with Crippen LogP contribution in [0.4, 0.5) is 10.8 Å². The van der Waals surface area contributed by atoms with Crippen molar-refractivity contribution in [2.75, 3.05) is 12.4 Å². The van der Waals surface area contributed by atoms with Crippen LogP contribution in [0.3, 0.4) is 0 Å². The van der Waals surface area contributed by atoms with E-state index in [0.29, 0.717) is 0 Å². The van der Waals surface area contributed by atoms with E-state index in [9.17, 15) is 0 Å². The Labute approximate surface area is 128 Å². The van der Waals surface area contributed by atoms with E-state index in [0.717, 1.165) is 27.8 Å². The molecule has 0 aliphatic carbocycles. The molecule has 0 amide bonds. The topological polar surface area (TPSA) is 34.1 Å². The number of thiazole rings is 1. The Morgan fingerprint density at radius 2 is 1.90 bits per heavy atom. The number of nitrogens with zero attached hydrogens (tertiary/aromatic N) is 1. The highest BCUT2D eigenvalue weighted by atomic mass is 32.1. The van der Waals surface area contributed by atoms with Crippen molar-refractivity contribution in [1.82, 2.24) is 4.98 Å². The third kappa shape index (κ3) is 3.23. The minimum absolute atomic E-state index is 0.854. The molecule has 4 heteroatoms. The van der Waals surface area contributed by atoms with Crippen LogP contribution in [0.5, 0.6) is 5.75 Å². The van der Waals surface area contributed by atoms with Gasteiger partial charge < -0.3 is 10.1 Å². The number of aromatic nitrogens is 1. The van der Waals surface area contributed by atoms with Gasteiger partial charge in [0.15, 0.2) is 5.13 Å². The van der Waals surface area contributed by atoms with Crippen molar-refractivity contribution in [1.29, 1.82) is 0 Å². The fourth-order valence-corrected chi connectivity index (χ4v) is 2.81. The second kappa shape index (κ2) is 5.97. The van der Waals surface area contributed by atoms with E-state index in [-0.39, 0.29) is 0 Å². The van der Waals surface area contributed by atoms with E-state index in [1.165, 1.54) is 5.56 Å². The van der Waals surface area contributed by atoms with Crippen LogP contribution < -0.4 is 10.1 Å². The molecule has 21 heavy (non-hydrogen) atoms. The predicted molar refractivity (Wildman–Crippen MR) is 88.6 cm³/mol. The minimum atomic E-state index is 0.854. The molecule has 3 nitrogen and oxygen atoms in total. The fourth-order valence-electron chi connectivity index (χ4n) is 2.07. The lowest BCUT2D eigenvalue weighted by Gasteiger charge is -2.03. The largest absolute Gasteiger partial charge is 0.497 e. The maximum Gasteiger partial charge on any atom is 0.187 e. The number of anilines is 2. The third-order valence-electron chi connectivity index (χ3n) is 3.16. The predicted octanol–water partition coefficient (Wildman–Crippen LogP) is 4.87. The summed E-state index contributed by atoms with van der Waals surface area (Å²) in [6.45, 7) is 2.08. The van der Waals surface area contributed by atoms with E-state index in [2.05, 4.69) is 34.7 Å². The summed E-state index contributed by atoms with van der Waals surface area (Å²) in [4.78, 5) is 4.63. The van der Waals surface area contributed by atoms with Gasteiger partial charge in [0.1, 0.15) is 5.75 Å². The van der Waals surface area contributed by atoms with Crippen molar-refractivity contribution in [2.24, 2.45) is 0 Å². The lowest BCUT2D eigenvalue weighted by Crippen LogP contribution is -1.90. The molecule has 0 saturated carbocycles. The van der Waals surface area contributed by atoms with Gasteiger partial charge in [0.2, 0.25) is 0 Å². The molecule has 0 radical (unpaired) electrons. The lowest BCUT2D eigenvalue weighted by molar-refractivity contribution is 0.415. The maximum absolute atomic E-state index is 5.17. The first kappa shape index (κ1) is 13.6. The molecule has 0 unspecified atom stereocenters. The summed E-state index contributed by atoms with van der Waals surface area (Å²) < 4.78 is 5.17. The van der Waals surface area contributed by atoms with Crippen LogP contribution in [0.2, 0.25) is 0 Å². The molecule has 0 spiro atoms. The molecule has 0 aliphatic rings. The zero-order chi connectivity index (χ0) is 14.7. The van der Waals surface area contributed by atoms with Crippen molar-refractivity contribution in [2.45, 2.75) is 6.92 Å². The highest BCUT2D eigenvalue weighted by Crippen LogP contribution is 2.28. The average molecular weight is 296 g/mol. The van der Waals surface area contributed by atoms with Crippen LogP contribution in [-0.4, -0.2) is 12.1 Å². The van der Waals surface area contributed by atoms with Gasteiger partial charge in [0.05, 0.1) is 12.8 Å². The first-order valence-electron chi connectivity index (χ1n) is 6.68. The smallest absolute Gasteiger partial charge is 0.187 e. The first-order chi connectivity index (χ1) is 10.2. The van der Waals surface area contributed by atoms with Gasteiger partial charge >= 0.3 is 0 Å². The van der Waals surface area contributed by atoms with Crippen LogP contribution in [0.25, 0.3) is 11.3 Å². The first-order valence-corrected chi connectivity index (χ1v) is 7.56. The number of ether oxygens (including phenoxy) is 1. The molecule has 0 aliphatic heterocycles. The van der Waals surface area contributed by atoms with Crippen LogP contribution in [-0.2, 0) is 0 Å². The van der Waals surface area contributed by atoms with Gasteiger partial charge in [-0.3, -0.25) is 0 Å². The summed E-state index contributed by atoms with van der Waals surface area (Å²) >= 11 is 1.60. The monoisotopic (exact) mass is 296 g/mol. The summed E-state index contributed by atoms with van der Waals surface area (Å²) in [5, 5.41) is 6.29. The molecule has 0 atom stereocenters. The second-order valence-electron chi connectivity index (χ2n) is 4.76. The summed E-state index contributed by atoms with van der Waals surface area (Å²) in [7, 11) is 1.67. The quantitative estimate of drug-likeness (QED) is 0.745. The SMILES string of the molecule is COc1ccc(-c2csc(Nc3cccc(C)c3)n2)cc1. The van der Waals surface area contributed by atoms with Gasteiger partial charge in [-0.05, 0) is 48.9 Å². The summed E-state index contributed by atoms with van der Waals surface area (Å²) in [5.41, 5.74) is 4.35. The van der Waals surface area contributed by atoms with Crippen LogP contribution in [0, 0.1) is 6.92 Å². The van der Waals surface area contributed by atoms with E-state index in [4.69, 9.17) is 4.74 Å². The second-order valence-corrected chi connectivity index (χ2v) is 5.62. The van der Waals surface area contributed by atoms with Crippen molar-refractivity contribution in [3.05, 3.63) is 59.5 Å². The summed E-state index contributed by atoms with van der Waals surface area (Å²) in [6.07, 6.45) is 0. The Balaban J connectivity index is 1.79. The molecule has 0 bridgehead atoms. The molecule has 0 saturated heterocycles. The van der Waals surface area contributed by atoms with Gasteiger partial charge in [0.25, 0.3) is 0 Å². The highest BCUT2D eigenvalue weighted by molar-refractivity contribution is 7.14. The van der Waals surface area contributed by atoms with Crippen LogP contribution in [0.15, 0.2) is 53.9 Å². The van der Waals surface area contributed by atoms with Crippen molar-refractivity contribution >= 4 is 22.2 Å². The van der Waals surface area contributed by atoms with Crippen LogP contribution in [0.1, 0.15) is 5.56 Å². The Kier molecular flexibility index (Phi) is 3.88. The number of benzene rings is 2. The molecule has 2 aromatic carbocycles. The number of rotatable bonds is 4. The number of methoxy groups -OCH3 is 1. The molecule has 1 heterocycles. The van der Waals surface area contributed by atoms with Crippen molar-refractivity contribution in [3.63, 3.8) is 0 Å². The zero-order valence-electron chi connectivity index (χ0n) is 12.0. The molecule has 3 rings (SSSR count). The van der Waals surface area contributed by atoms with E-state index < -0.39 is 0 Å². The number of nitrogens with one attached hydrogen (secondary N) is 1.